The summed E-state index contributed by atoms with van der Waals surface area (Å²) < 4.78 is 5.46. The summed E-state index contributed by atoms with van der Waals surface area (Å²) in [6.07, 6.45) is 10.2. The van der Waals surface area contributed by atoms with E-state index >= 15 is 0 Å². The van der Waals surface area contributed by atoms with Crippen LogP contribution in [0.2, 0.25) is 0 Å². The number of methoxy groups -OCH3 is 1. The van der Waals surface area contributed by atoms with Crippen LogP contribution >= 0.6 is 0 Å². The molecule has 1 aliphatic heterocycles. The third kappa shape index (κ3) is 8.00. The van der Waals surface area contributed by atoms with Gasteiger partial charge in [0.2, 0.25) is 0 Å². The lowest BCUT2D eigenvalue weighted by Gasteiger charge is -2.37. The van der Waals surface area contributed by atoms with Gasteiger partial charge in [0.15, 0.2) is 0 Å². The minimum absolute atomic E-state index is 0.554. The van der Waals surface area contributed by atoms with Gasteiger partial charge in [-0.05, 0) is 58.4 Å². The highest BCUT2D eigenvalue weighted by molar-refractivity contribution is 4.75. The van der Waals surface area contributed by atoms with E-state index in [4.69, 9.17) is 4.74 Å². The molecule has 2 aliphatic rings. The fourth-order valence-electron chi connectivity index (χ4n) is 3.93. The number of piperazine rings is 1. The quantitative estimate of drug-likeness (QED) is 0.644. The number of hydrogen-bond donors (Lipinski definition) is 0. The molecule has 0 aromatic heterocycles. The maximum atomic E-state index is 5.46. The molecule has 0 bridgehead atoms. The van der Waals surface area contributed by atoms with E-state index in [2.05, 4.69) is 23.6 Å². The normalized spacial score (nSPS) is 26.9. The Hall–Kier alpha value is -0.120. The van der Waals surface area contributed by atoms with E-state index in [9.17, 15) is 0 Å². The standard InChI is InChI=1S/C18H36N2O.C2H6/c1-16(2)20-14-12-19(13-15-20)11-5-4-6-17-7-9-18(21-3)10-8-17;1-2/h16-18H,4-15H2,1-3H3;1-2H3. The molecule has 1 aliphatic carbocycles. The molecule has 2 fully saturated rings. The summed E-state index contributed by atoms with van der Waals surface area (Å²) in [5.41, 5.74) is 0. The van der Waals surface area contributed by atoms with Crippen molar-refractivity contribution < 1.29 is 4.74 Å². The molecule has 0 unspecified atom stereocenters. The molecular formula is C20H42N2O. The van der Waals surface area contributed by atoms with E-state index in [1.807, 2.05) is 21.0 Å². The number of nitrogens with zero attached hydrogens (tertiary/aromatic N) is 2. The molecule has 0 N–H and O–H groups in total. The van der Waals surface area contributed by atoms with Crippen molar-refractivity contribution in [3.63, 3.8) is 0 Å². The van der Waals surface area contributed by atoms with Crippen LogP contribution in [0.25, 0.3) is 0 Å². The molecule has 0 aromatic rings. The van der Waals surface area contributed by atoms with Gasteiger partial charge in [0.1, 0.15) is 0 Å². The molecule has 3 nitrogen and oxygen atoms in total. The lowest BCUT2D eigenvalue weighted by molar-refractivity contribution is 0.0548. The number of hydrogen-bond acceptors (Lipinski definition) is 3. The van der Waals surface area contributed by atoms with Crippen LogP contribution < -0.4 is 0 Å². The van der Waals surface area contributed by atoms with Gasteiger partial charge in [-0.1, -0.05) is 26.7 Å². The Kier molecular flexibility index (Phi) is 11.2. The summed E-state index contributed by atoms with van der Waals surface area (Å²) in [7, 11) is 1.87. The predicted octanol–water partition coefficient (Wildman–Crippen LogP) is 4.41. The third-order valence-electron chi connectivity index (χ3n) is 5.60. The Morgan fingerprint density at radius 1 is 0.913 bits per heavy atom. The zero-order chi connectivity index (χ0) is 17.1. The Morgan fingerprint density at radius 2 is 1.52 bits per heavy atom. The summed E-state index contributed by atoms with van der Waals surface area (Å²) in [4.78, 5) is 5.27. The highest BCUT2D eigenvalue weighted by atomic mass is 16.5. The van der Waals surface area contributed by atoms with Gasteiger partial charge in [0.05, 0.1) is 6.10 Å². The van der Waals surface area contributed by atoms with E-state index in [1.54, 1.807) is 0 Å². The van der Waals surface area contributed by atoms with E-state index in [1.165, 1.54) is 77.7 Å². The predicted molar refractivity (Wildman–Crippen MR) is 101 cm³/mol. The summed E-state index contributed by atoms with van der Waals surface area (Å²) >= 11 is 0. The van der Waals surface area contributed by atoms with Gasteiger partial charge in [-0.25, -0.2) is 0 Å². The molecular weight excluding hydrogens is 284 g/mol. The smallest absolute Gasteiger partial charge is 0.0571 e. The van der Waals surface area contributed by atoms with Gasteiger partial charge in [0.25, 0.3) is 0 Å². The average Bonchev–Trinajstić information content (AvgIpc) is 2.61. The summed E-state index contributed by atoms with van der Waals surface area (Å²) in [5.74, 6) is 0.981. The second-order valence-corrected chi connectivity index (χ2v) is 7.35. The SMILES string of the molecule is CC.COC1CCC(CCCCN2CCN(C(C)C)CC2)CC1. The Balaban J connectivity index is 0.00000127. The van der Waals surface area contributed by atoms with Crippen LogP contribution in [0.4, 0.5) is 0 Å². The van der Waals surface area contributed by atoms with Crippen LogP contribution in [-0.2, 0) is 4.74 Å². The summed E-state index contributed by atoms with van der Waals surface area (Å²) in [6, 6.07) is 0.717. The van der Waals surface area contributed by atoms with Crippen LogP contribution in [0, 0.1) is 5.92 Å². The van der Waals surface area contributed by atoms with Crippen LogP contribution in [0.15, 0.2) is 0 Å². The van der Waals surface area contributed by atoms with Gasteiger partial charge in [0, 0.05) is 39.3 Å². The lowest BCUT2D eigenvalue weighted by atomic mass is 9.84. The second kappa shape index (κ2) is 12.3. The largest absolute Gasteiger partial charge is 0.381 e. The minimum Gasteiger partial charge on any atom is -0.381 e. The fraction of sp³-hybridized carbons (Fsp3) is 1.00. The Labute approximate surface area is 145 Å². The van der Waals surface area contributed by atoms with Crippen molar-refractivity contribution in [1.82, 2.24) is 9.80 Å². The second-order valence-electron chi connectivity index (χ2n) is 7.35. The first-order valence-corrected chi connectivity index (χ1v) is 10.2. The van der Waals surface area contributed by atoms with Crippen molar-refractivity contribution in [2.24, 2.45) is 5.92 Å². The monoisotopic (exact) mass is 326 g/mol. The molecule has 0 amide bonds. The molecule has 1 saturated carbocycles. The molecule has 0 aromatic carbocycles. The highest BCUT2D eigenvalue weighted by Crippen LogP contribution is 2.29. The maximum Gasteiger partial charge on any atom is 0.0571 e. The van der Waals surface area contributed by atoms with E-state index < -0.39 is 0 Å². The van der Waals surface area contributed by atoms with Crippen molar-refractivity contribution in [1.29, 1.82) is 0 Å². The minimum atomic E-state index is 0.554. The molecule has 0 spiro atoms. The fourth-order valence-corrected chi connectivity index (χ4v) is 3.93. The molecule has 1 heterocycles. The van der Waals surface area contributed by atoms with Crippen LogP contribution in [0.3, 0.4) is 0 Å². The molecule has 1 saturated heterocycles. The first kappa shape index (κ1) is 20.9. The van der Waals surface area contributed by atoms with Crippen molar-refractivity contribution in [2.75, 3.05) is 39.8 Å². The number of unbranched alkanes of at least 4 members (excludes halogenated alkanes) is 1. The molecule has 0 atom stereocenters. The average molecular weight is 327 g/mol. The van der Waals surface area contributed by atoms with Crippen molar-refractivity contribution in [3.8, 4) is 0 Å². The maximum absolute atomic E-state index is 5.46. The van der Waals surface area contributed by atoms with Gasteiger partial charge in [-0.3, -0.25) is 4.90 Å². The molecule has 3 heteroatoms. The molecule has 0 radical (unpaired) electrons. The van der Waals surface area contributed by atoms with E-state index in [-0.39, 0.29) is 0 Å². The molecule has 23 heavy (non-hydrogen) atoms. The number of ether oxygens (including phenoxy) is 1. The van der Waals surface area contributed by atoms with Gasteiger partial charge < -0.3 is 9.64 Å². The Bertz CT molecular complexity index is 267. The summed E-state index contributed by atoms with van der Waals surface area (Å²) in [5, 5.41) is 0. The lowest BCUT2D eigenvalue weighted by Crippen LogP contribution is -2.48. The zero-order valence-electron chi connectivity index (χ0n) is 16.5. The highest BCUT2D eigenvalue weighted by Gasteiger charge is 2.21. The Morgan fingerprint density at radius 3 is 2.04 bits per heavy atom. The first-order chi connectivity index (χ1) is 11.2. The van der Waals surface area contributed by atoms with Crippen molar-refractivity contribution in [2.45, 2.75) is 84.8 Å². The number of rotatable bonds is 7. The van der Waals surface area contributed by atoms with Crippen LogP contribution in [0.1, 0.15) is 72.6 Å². The summed E-state index contributed by atoms with van der Waals surface area (Å²) in [6.45, 7) is 15.0. The van der Waals surface area contributed by atoms with Crippen LogP contribution in [0.5, 0.6) is 0 Å². The van der Waals surface area contributed by atoms with E-state index in [0.717, 1.165) is 12.0 Å². The third-order valence-corrected chi connectivity index (χ3v) is 5.60. The van der Waals surface area contributed by atoms with Gasteiger partial charge in [-0.15, -0.1) is 0 Å². The van der Waals surface area contributed by atoms with Crippen LogP contribution in [-0.4, -0.2) is 61.8 Å². The van der Waals surface area contributed by atoms with Crippen molar-refractivity contribution >= 4 is 0 Å². The van der Waals surface area contributed by atoms with Crippen molar-refractivity contribution in [3.05, 3.63) is 0 Å². The molecule has 2 rings (SSSR count). The first-order valence-electron chi connectivity index (χ1n) is 10.2. The molecule has 138 valence electrons. The topological polar surface area (TPSA) is 15.7 Å². The van der Waals surface area contributed by atoms with Gasteiger partial charge >= 0.3 is 0 Å². The zero-order valence-corrected chi connectivity index (χ0v) is 16.5. The van der Waals surface area contributed by atoms with Gasteiger partial charge in [-0.2, -0.15) is 0 Å². The van der Waals surface area contributed by atoms with E-state index in [0.29, 0.717) is 6.10 Å².